The van der Waals surface area contributed by atoms with Crippen molar-refractivity contribution in [2.24, 2.45) is 0 Å². The van der Waals surface area contributed by atoms with Crippen molar-refractivity contribution in [3.63, 3.8) is 0 Å². The molecule has 0 aliphatic carbocycles. The highest BCUT2D eigenvalue weighted by molar-refractivity contribution is 8.00. The zero-order valence-electron chi connectivity index (χ0n) is 12.1. The summed E-state index contributed by atoms with van der Waals surface area (Å²) in [7, 11) is 0. The van der Waals surface area contributed by atoms with Crippen molar-refractivity contribution >= 4 is 17.7 Å². The minimum atomic E-state index is -0.165. The maximum Gasteiger partial charge on any atom is 0.343 e. The lowest BCUT2D eigenvalue weighted by atomic mass is 10.1. The number of aryl methyl sites for hydroxylation is 1. The van der Waals surface area contributed by atoms with Crippen molar-refractivity contribution < 1.29 is 4.79 Å². The summed E-state index contributed by atoms with van der Waals surface area (Å²) in [5.41, 5.74) is -0.165. The zero-order chi connectivity index (χ0) is 15.4. The number of amides is 1. The minimum Gasteiger partial charge on any atom is -0.353 e. The second-order valence-electron chi connectivity index (χ2n) is 5.29. The molecule has 6 nitrogen and oxygen atoms in total. The molecule has 0 fully saturated rings. The Morgan fingerprint density at radius 1 is 1.36 bits per heavy atom. The molecule has 2 heterocycles. The van der Waals surface area contributed by atoms with Gasteiger partial charge in [-0.2, -0.15) is 5.10 Å². The van der Waals surface area contributed by atoms with Crippen molar-refractivity contribution in [3.8, 4) is 0 Å². The Morgan fingerprint density at radius 3 is 3.00 bits per heavy atom. The fourth-order valence-corrected chi connectivity index (χ4v) is 3.31. The number of aromatic amines is 1. The Bertz CT molecular complexity index is 695. The van der Waals surface area contributed by atoms with E-state index in [0.29, 0.717) is 18.7 Å². The molecule has 1 aromatic carbocycles. The normalized spacial score (nSPS) is 17.5. The highest BCUT2D eigenvalue weighted by Gasteiger charge is 2.20. The maximum absolute atomic E-state index is 12.1. The van der Waals surface area contributed by atoms with Gasteiger partial charge in [-0.15, -0.1) is 11.8 Å². The van der Waals surface area contributed by atoms with Crippen molar-refractivity contribution in [3.05, 3.63) is 46.6 Å². The van der Waals surface area contributed by atoms with Crippen molar-refractivity contribution in [1.82, 2.24) is 20.1 Å². The fourth-order valence-electron chi connectivity index (χ4n) is 2.58. The number of hydrogen-bond acceptors (Lipinski definition) is 4. The summed E-state index contributed by atoms with van der Waals surface area (Å²) < 4.78 is 1.66. The van der Waals surface area contributed by atoms with Crippen LogP contribution in [0.25, 0.3) is 0 Å². The number of rotatable bonds is 4. The lowest BCUT2D eigenvalue weighted by Crippen LogP contribution is -2.36. The van der Waals surface area contributed by atoms with Gasteiger partial charge in [-0.1, -0.05) is 18.2 Å². The fraction of sp³-hybridized carbons (Fsp3) is 0.400. The first-order valence-corrected chi connectivity index (χ1v) is 8.32. The van der Waals surface area contributed by atoms with E-state index in [1.165, 1.54) is 11.8 Å². The molecule has 1 unspecified atom stereocenters. The molecular weight excluding hydrogens is 300 g/mol. The molecule has 1 aliphatic heterocycles. The van der Waals surface area contributed by atoms with Crippen LogP contribution in [0.3, 0.4) is 0 Å². The number of hydrogen-bond donors (Lipinski definition) is 2. The third-order valence-corrected chi connectivity index (χ3v) is 4.75. The number of benzene rings is 1. The van der Waals surface area contributed by atoms with E-state index in [1.54, 1.807) is 4.57 Å². The minimum absolute atomic E-state index is 0.0345. The molecule has 0 saturated carbocycles. The van der Waals surface area contributed by atoms with E-state index in [1.807, 2.05) is 30.3 Å². The second-order valence-corrected chi connectivity index (χ2v) is 6.34. The molecule has 1 atom stereocenters. The number of carbonyl (C=O) groups is 1. The summed E-state index contributed by atoms with van der Waals surface area (Å²) in [6, 6.07) is 9.98. The molecule has 0 saturated heterocycles. The summed E-state index contributed by atoms with van der Waals surface area (Å²) in [5.74, 6) is 1.22. The molecule has 0 bridgehead atoms. The lowest BCUT2D eigenvalue weighted by Gasteiger charge is -2.15. The average Bonchev–Trinajstić information content (AvgIpc) is 2.76. The van der Waals surface area contributed by atoms with Gasteiger partial charge in [-0.25, -0.2) is 9.89 Å². The number of fused-ring (bicyclic) bond motifs is 1. The molecule has 1 aromatic heterocycles. The predicted octanol–water partition coefficient (Wildman–Crippen LogP) is 1.18. The van der Waals surface area contributed by atoms with Crippen molar-refractivity contribution in [2.45, 2.75) is 36.7 Å². The standard InChI is InChI=1S/C15H18N4O2S/c20-14(10-22-12-4-2-1-3-5-12)16-11-6-7-13-17-18-15(21)19(13)9-8-11/h1-5,11H,6-10H2,(H,16,20)(H,18,21). The van der Waals surface area contributed by atoms with Crippen LogP contribution in [-0.2, 0) is 17.8 Å². The van der Waals surface area contributed by atoms with Gasteiger partial charge in [0.05, 0.1) is 5.75 Å². The monoisotopic (exact) mass is 318 g/mol. The Hall–Kier alpha value is -2.02. The van der Waals surface area contributed by atoms with Gasteiger partial charge in [-0.3, -0.25) is 9.36 Å². The topological polar surface area (TPSA) is 79.8 Å². The van der Waals surface area contributed by atoms with Crippen LogP contribution in [0.5, 0.6) is 0 Å². The van der Waals surface area contributed by atoms with Crippen LogP contribution in [0.15, 0.2) is 40.0 Å². The van der Waals surface area contributed by atoms with E-state index >= 15 is 0 Å². The second kappa shape index (κ2) is 6.83. The number of aromatic nitrogens is 3. The van der Waals surface area contributed by atoms with Crippen molar-refractivity contribution in [2.75, 3.05) is 5.75 Å². The SMILES string of the molecule is O=C(CSc1ccccc1)NC1CCc2n[nH]c(=O)n2CC1. The Morgan fingerprint density at radius 2 is 2.18 bits per heavy atom. The van der Waals surface area contributed by atoms with Crippen LogP contribution in [0.4, 0.5) is 0 Å². The summed E-state index contributed by atoms with van der Waals surface area (Å²) >= 11 is 1.53. The van der Waals surface area contributed by atoms with Gasteiger partial charge in [0.15, 0.2) is 0 Å². The first kappa shape index (κ1) is 14.9. The predicted molar refractivity (Wildman–Crippen MR) is 84.9 cm³/mol. The molecule has 7 heteroatoms. The van der Waals surface area contributed by atoms with Gasteiger partial charge in [-0.05, 0) is 25.0 Å². The van der Waals surface area contributed by atoms with E-state index in [4.69, 9.17) is 0 Å². The molecule has 1 amide bonds. The van der Waals surface area contributed by atoms with E-state index in [0.717, 1.165) is 23.6 Å². The zero-order valence-corrected chi connectivity index (χ0v) is 12.9. The summed E-state index contributed by atoms with van der Waals surface area (Å²) in [6.07, 6.45) is 2.27. The number of H-pyrrole nitrogens is 1. The molecule has 0 radical (unpaired) electrons. The maximum atomic E-state index is 12.1. The molecule has 2 aromatic rings. The van der Waals surface area contributed by atoms with Gasteiger partial charge >= 0.3 is 5.69 Å². The van der Waals surface area contributed by atoms with Crippen LogP contribution in [-0.4, -0.2) is 32.5 Å². The first-order chi connectivity index (χ1) is 10.7. The average molecular weight is 318 g/mol. The molecular formula is C15H18N4O2S. The van der Waals surface area contributed by atoms with Crippen molar-refractivity contribution in [1.29, 1.82) is 0 Å². The number of thioether (sulfide) groups is 1. The summed E-state index contributed by atoms with van der Waals surface area (Å²) in [6.45, 7) is 0.599. The van der Waals surface area contributed by atoms with E-state index in [-0.39, 0.29) is 17.6 Å². The van der Waals surface area contributed by atoms with Gasteiger partial charge in [0, 0.05) is 23.9 Å². The van der Waals surface area contributed by atoms with Crippen LogP contribution in [0.2, 0.25) is 0 Å². The third-order valence-electron chi connectivity index (χ3n) is 3.73. The summed E-state index contributed by atoms with van der Waals surface area (Å²) in [5, 5.41) is 9.54. The summed E-state index contributed by atoms with van der Waals surface area (Å²) in [4.78, 5) is 24.7. The highest BCUT2D eigenvalue weighted by atomic mass is 32.2. The van der Waals surface area contributed by atoms with Gasteiger partial charge in [0.2, 0.25) is 5.91 Å². The quantitative estimate of drug-likeness (QED) is 0.830. The van der Waals surface area contributed by atoms with Gasteiger partial charge in [0.25, 0.3) is 0 Å². The number of carbonyl (C=O) groups excluding carboxylic acids is 1. The molecule has 3 rings (SSSR count). The van der Waals surface area contributed by atoms with Crippen LogP contribution < -0.4 is 11.0 Å². The Labute approximate surface area is 132 Å². The van der Waals surface area contributed by atoms with E-state index in [2.05, 4.69) is 15.5 Å². The molecule has 2 N–H and O–H groups in total. The van der Waals surface area contributed by atoms with Crippen LogP contribution in [0, 0.1) is 0 Å². The largest absolute Gasteiger partial charge is 0.353 e. The lowest BCUT2D eigenvalue weighted by molar-refractivity contribution is -0.119. The third kappa shape index (κ3) is 3.59. The van der Waals surface area contributed by atoms with Crippen LogP contribution in [0.1, 0.15) is 18.7 Å². The molecule has 0 spiro atoms. The Kier molecular flexibility index (Phi) is 4.62. The number of nitrogens with one attached hydrogen (secondary N) is 2. The Balaban J connectivity index is 1.49. The highest BCUT2D eigenvalue weighted by Crippen LogP contribution is 2.17. The van der Waals surface area contributed by atoms with E-state index < -0.39 is 0 Å². The first-order valence-electron chi connectivity index (χ1n) is 7.33. The molecule has 1 aliphatic rings. The van der Waals surface area contributed by atoms with Gasteiger partial charge < -0.3 is 5.32 Å². The molecule has 116 valence electrons. The van der Waals surface area contributed by atoms with E-state index in [9.17, 15) is 9.59 Å². The van der Waals surface area contributed by atoms with Gasteiger partial charge in [0.1, 0.15) is 5.82 Å². The number of nitrogens with zero attached hydrogens (tertiary/aromatic N) is 2. The smallest absolute Gasteiger partial charge is 0.343 e. The molecule has 22 heavy (non-hydrogen) atoms. The van der Waals surface area contributed by atoms with Crippen LogP contribution >= 0.6 is 11.8 Å².